The Bertz CT molecular complexity index is 712. The summed E-state index contributed by atoms with van der Waals surface area (Å²) in [7, 11) is 0. The number of carboxylic acids is 1. The molecule has 2 atom stereocenters. The quantitative estimate of drug-likeness (QED) is 0.911. The standard InChI is InChI=1S/C15H17N3O4/c1-10(18-9-16-11-4-2-3-5-12(11)18)14(19)17-6-7-22-13(8-17)15(20)21/h2-5,9-10,13H,6-8H2,1H3,(H,20,21). The van der Waals surface area contributed by atoms with Gasteiger partial charge in [0.15, 0.2) is 6.10 Å². The minimum Gasteiger partial charge on any atom is -0.479 e. The number of hydrogen-bond donors (Lipinski definition) is 1. The van der Waals surface area contributed by atoms with Crippen LogP contribution in [-0.4, -0.2) is 57.2 Å². The van der Waals surface area contributed by atoms with Crippen molar-refractivity contribution >= 4 is 22.9 Å². The van der Waals surface area contributed by atoms with Crippen LogP contribution >= 0.6 is 0 Å². The minimum absolute atomic E-state index is 0.0745. The van der Waals surface area contributed by atoms with Crippen LogP contribution < -0.4 is 0 Å². The molecule has 0 radical (unpaired) electrons. The van der Waals surface area contributed by atoms with E-state index in [1.54, 1.807) is 18.2 Å². The van der Waals surface area contributed by atoms with Crippen LogP contribution in [0, 0.1) is 0 Å². The van der Waals surface area contributed by atoms with Gasteiger partial charge in [0.25, 0.3) is 0 Å². The summed E-state index contributed by atoms with van der Waals surface area (Å²) in [5, 5.41) is 9.02. The molecule has 1 aromatic carbocycles. The lowest BCUT2D eigenvalue weighted by Gasteiger charge is -2.32. The van der Waals surface area contributed by atoms with Crippen molar-refractivity contribution < 1.29 is 19.4 Å². The summed E-state index contributed by atoms with van der Waals surface area (Å²) in [4.78, 5) is 29.5. The highest BCUT2D eigenvalue weighted by Gasteiger charge is 2.31. The van der Waals surface area contributed by atoms with Gasteiger partial charge >= 0.3 is 5.97 Å². The zero-order valence-electron chi connectivity index (χ0n) is 12.2. The minimum atomic E-state index is -1.04. The molecule has 7 nitrogen and oxygen atoms in total. The number of carboxylic acid groups (broad SMARTS) is 1. The average Bonchev–Trinajstić information content (AvgIpc) is 2.97. The largest absolute Gasteiger partial charge is 0.479 e. The van der Waals surface area contributed by atoms with Gasteiger partial charge in [0, 0.05) is 6.54 Å². The molecule has 0 spiro atoms. The van der Waals surface area contributed by atoms with E-state index in [4.69, 9.17) is 9.84 Å². The molecule has 0 bridgehead atoms. The Morgan fingerprint density at radius 1 is 1.41 bits per heavy atom. The fourth-order valence-corrected chi connectivity index (χ4v) is 2.67. The lowest BCUT2D eigenvalue weighted by atomic mass is 10.2. The van der Waals surface area contributed by atoms with E-state index in [9.17, 15) is 9.59 Å². The molecule has 1 amide bonds. The molecule has 2 aromatic rings. The maximum Gasteiger partial charge on any atom is 0.334 e. The number of rotatable bonds is 3. The summed E-state index contributed by atoms with van der Waals surface area (Å²) >= 11 is 0. The first kappa shape index (κ1) is 14.5. The molecule has 0 aliphatic carbocycles. The molecule has 1 saturated heterocycles. The zero-order chi connectivity index (χ0) is 15.7. The van der Waals surface area contributed by atoms with E-state index in [0.717, 1.165) is 11.0 Å². The second-order valence-corrected chi connectivity index (χ2v) is 5.30. The molecule has 1 fully saturated rings. The number of aliphatic carboxylic acids is 1. The Labute approximate surface area is 127 Å². The van der Waals surface area contributed by atoms with Crippen molar-refractivity contribution in [1.82, 2.24) is 14.5 Å². The Morgan fingerprint density at radius 2 is 2.18 bits per heavy atom. The fourth-order valence-electron chi connectivity index (χ4n) is 2.67. The van der Waals surface area contributed by atoms with Crippen molar-refractivity contribution in [2.75, 3.05) is 19.7 Å². The summed E-state index contributed by atoms with van der Waals surface area (Å²) < 4.78 is 6.96. The third-order valence-electron chi connectivity index (χ3n) is 3.91. The molecular weight excluding hydrogens is 286 g/mol. The van der Waals surface area contributed by atoms with Crippen molar-refractivity contribution in [1.29, 1.82) is 0 Å². The van der Waals surface area contributed by atoms with E-state index in [-0.39, 0.29) is 19.1 Å². The highest BCUT2D eigenvalue weighted by Crippen LogP contribution is 2.20. The highest BCUT2D eigenvalue weighted by atomic mass is 16.5. The normalized spacial score (nSPS) is 20.0. The van der Waals surface area contributed by atoms with Gasteiger partial charge in [-0.2, -0.15) is 0 Å². The van der Waals surface area contributed by atoms with Crippen molar-refractivity contribution in [3.63, 3.8) is 0 Å². The van der Waals surface area contributed by atoms with Gasteiger partial charge in [-0.25, -0.2) is 9.78 Å². The molecule has 0 saturated carbocycles. The third kappa shape index (κ3) is 2.55. The summed E-state index contributed by atoms with van der Waals surface area (Å²) in [6.07, 6.45) is 0.687. The second kappa shape index (κ2) is 5.76. The van der Waals surface area contributed by atoms with E-state index >= 15 is 0 Å². The summed E-state index contributed by atoms with van der Waals surface area (Å²) in [5.74, 6) is -1.17. The molecule has 2 heterocycles. The van der Waals surface area contributed by atoms with Gasteiger partial charge in [0.2, 0.25) is 5.91 Å². The fraction of sp³-hybridized carbons (Fsp3) is 0.400. The number of imidazole rings is 1. The molecule has 1 N–H and O–H groups in total. The van der Waals surface area contributed by atoms with E-state index < -0.39 is 18.1 Å². The molecule has 1 aliphatic heterocycles. The van der Waals surface area contributed by atoms with Crippen molar-refractivity contribution in [2.45, 2.75) is 19.1 Å². The smallest absolute Gasteiger partial charge is 0.334 e. The Hall–Kier alpha value is -2.41. The van der Waals surface area contributed by atoms with Crippen LogP contribution in [0.2, 0.25) is 0 Å². The van der Waals surface area contributed by atoms with E-state index in [1.807, 2.05) is 28.8 Å². The van der Waals surface area contributed by atoms with Gasteiger partial charge in [0.1, 0.15) is 6.04 Å². The molecule has 2 unspecified atom stereocenters. The first-order chi connectivity index (χ1) is 10.6. The Balaban J connectivity index is 1.81. The molecule has 7 heteroatoms. The number of carbonyl (C=O) groups excluding carboxylic acids is 1. The van der Waals surface area contributed by atoms with Gasteiger partial charge in [-0.15, -0.1) is 0 Å². The van der Waals surface area contributed by atoms with Gasteiger partial charge in [-0.1, -0.05) is 12.1 Å². The Kier molecular flexibility index (Phi) is 3.81. The third-order valence-corrected chi connectivity index (χ3v) is 3.91. The maximum absolute atomic E-state index is 12.6. The molecule has 1 aliphatic rings. The number of ether oxygens (including phenoxy) is 1. The number of amides is 1. The van der Waals surface area contributed by atoms with Gasteiger partial charge in [0.05, 0.1) is 30.5 Å². The number of nitrogens with zero attached hydrogens (tertiary/aromatic N) is 3. The average molecular weight is 303 g/mol. The number of morpholine rings is 1. The first-order valence-electron chi connectivity index (χ1n) is 7.12. The van der Waals surface area contributed by atoms with Crippen molar-refractivity contribution in [3.8, 4) is 0 Å². The van der Waals surface area contributed by atoms with Gasteiger partial charge < -0.3 is 19.3 Å². The number of benzene rings is 1. The maximum atomic E-state index is 12.6. The summed E-state index contributed by atoms with van der Waals surface area (Å²) in [6.45, 7) is 2.51. The topological polar surface area (TPSA) is 84.7 Å². The number of para-hydroxylation sites is 2. The zero-order valence-corrected chi connectivity index (χ0v) is 12.2. The SMILES string of the molecule is CC(C(=O)N1CCOC(C(=O)O)C1)n1cnc2ccccc21. The van der Waals surface area contributed by atoms with Crippen LogP contribution in [0.15, 0.2) is 30.6 Å². The second-order valence-electron chi connectivity index (χ2n) is 5.30. The summed E-state index contributed by atoms with van der Waals surface area (Å²) in [6, 6.07) is 7.14. The van der Waals surface area contributed by atoms with Crippen molar-refractivity contribution in [2.24, 2.45) is 0 Å². The monoisotopic (exact) mass is 303 g/mol. The van der Waals surface area contributed by atoms with Crippen LogP contribution in [0.3, 0.4) is 0 Å². The predicted molar refractivity (Wildman–Crippen MR) is 78.4 cm³/mol. The van der Waals surface area contributed by atoms with Crippen LogP contribution in [0.1, 0.15) is 13.0 Å². The van der Waals surface area contributed by atoms with Gasteiger partial charge in [-0.05, 0) is 19.1 Å². The number of carbonyl (C=O) groups is 2. The van der Waals surface area contributed by atoms with Crippen LogP contribution in [0.25, 0.3) is 11.0 Å². The van der Waals surface area contributed by atoms with Crippen LogP contribution in [0.5, 0.6) is 0 Å². The molecule has 22 heavy (non-hydrogen) atoms. The molecule has 116 valence electrons. The summed E-state index contributed by atoms with van der Waals surface area (Å²) in [5.41, 5.74) is 1.71. The number of aromatic nitrogens is 2. The molecular formula is C15H17N3O4. The highest BCUT2D eigenvalue weighted by molar-refractivity contribution is 5.84. The Morgan fingerprint density at radius 3 is 2.95 bits per heavy atom. The lowest BCUT2D eigenvalue weighted by molar-refractivity contribution is -0.160. The molecule has 1 aromatic heterocycles. The number of fused-ring (bicyclic) bond motifs is 1. The molecule has 3 rings (SSSR count). The number of hydrogen-bond acceptors (Lipinski definition) is 4. The van der Waals surface area contributed by atoms with Crippen molar-refractivity contribution in [3.05, 3.63) is 30.6 Å². The van der Waals surface area contributed by atoms with Crippen LogP contribution in [-0.2, 0) is 14.3 Å². The van der Waals surface area contributed by atoms with E-state index in [2.05, 4.69) is 4.98 Å². The predicted octanol–water partition coefficient (Wildman–Crippen LogP) is 0.909. The first-order valence-corrected chi connectivity index (χ1v) is 7.12. The van der Waals surface area contributed by atoms with E-state index in [0.29, 0.717) is 6.54 Å². The lowest BCUT2D eigenvalue weighted by Crippen LogP contribution is -2.50. The van der Waals surface area contributed by atoms with Gasteiger partial charge in [-0.3, -0.25) is 4.79 Å². The van der Waals surface area contributed by atoms with E-state index in [1.165, 1.54) is 0 Å². The van der Waals surface area contributed by atoms with Crippen LogP contribution in [0.4, 0.5) is 0 Å².